The van der Waals surface area contributed by atoms with E-state index in [1.54, 1.807) is 29.3 Å². The number of likely N-dealkylation sites (tertiary alicyclic amines) is 1. The number of nitrogens with zero attached hydrogens (tertiary/aromatic N) is 3. The van der Waals surface area contributed by atoms with E-state index in [2.05, 4.69) is 4.90 Å². The molecule has 0 spiro atoms. The number of ether oxygens (including phenoxy) is 1. The summed E-state index contributed by atoms with van der Waals surface area (Å²) in [5, 5.41) is 10.4. The van der Waals surface area contributed by atoms with Crippen molar-refractivity contribution in [2.75, 3.05) is 34.3 Å². The number of aliphatic hydroxyl groups excluding tert-OH is 1. The van der Waals surface area contributed by atoms with Crippen LogP contribution in [0.15, 0.2) is 72.2 Å². The van der Waals surface area contributed by atoms with E-state index in [0.29, 0.717) is 24.2 Å². The zero-order valence-electron chi connectivity index (χ0n) is 17.8. The van der Waals surface area contributed by atoms with Crippen LogP contribution in [-0.2, 0) is 4.79 Å². The number of hydrogen-bond donors (Lipinski definition) is 1. The average Bonchev–Trinajstić information content (AvgIpc) is 3.13. The minimum atomic E-state index is -0.480. The van der Waals surface area contributed by atoms with Gasteiger partial charge in [-0.15, -0.1) is 0 Å². The van der Waals surface area contributed by atoms with Crippen molar-refractivity contribution >= 4 is 11.5 Å². The Morgan fingerprint density at radius 2 is 1.94 bits per heavy atom. The molecule has 1 aromatic rings. The normalized spacial score (nSPS) is 25.0. The summed E-state index contributed by atoms with van der Waals surface area (Å²) < 4.78 is 19.1. The molecule has 3 aliphatic rings. The first-order valence-corrected chi connectivity index (χ1v) is 10.1. The van der Waals surface area contributed by atoms with Gasteiger partial charge in [0.2, 0.25) is 0 Å². The number of benzene rings is 1. The number of halogens is 1. The lowest BCUT2D eigenvalue weighted by molar-refractivity contribution is -0.122. The van der Waals surface area contributed by atoms with E-state index in [1.807, 2.05) is 43.3 Å². The third-order valence-corrected chi connectivity index (χ3v) is 5.80. The second-order valence-electron chi connectivity index (χ2n) is 8.00. The first-order valence-electron chi connectivity index (χ1n) is 10.1. The zero-order chi connectivity index (χ0) is 22.1. The zero-order valence-corrected chi connectivity index (χ0v) is 17.8. The molecule has 0 saturated carbocycles. The third kappa shape index (κ3) is 4.19. The maximum Gasteiger partial charge on any atom is 0.255 e. The van der Waals surface area contributed by atoms with Gasteiger partial charge in [0.15, 0.2) is 11.6 Å². The van der Waals surface area contributed by atoms with Gasteiger partial charge in [0.05, 0.1) is 25.0 Å². The lowest BCUT2D eigenvalue weighted by Gasteiger charge is -2.29. The highest BCUT2D eigenvalue weighted by Crippen LogP contribution is 2.28. The molecule has 31 heavy (non-hydrogen) atoms. The molecule has 162 valence electrons. The monoisotopic (exact) mass is 423 g/mol. The molecule has 3 heterocycles. The first kappa shape index (κ1) is 21.1. The number of likely N-dealkylation sites (N-methyl/N-ethyl adjacent to an activating group) is 1. The quantitative estimate of drug-likeness (QED) is 0.807. The molecule has 7 heteroatoms. The minimum Gasteiger partial charge on any atom is -0.494 e. The molecular formula is C24H26FN3O3. The second kappa shape index (κ2) is 8.53. The summed E-state index contributed by atoms with van der Waals surface area (Å²) in [6.07, 6.45) is 12.2. The van der Waals surface area contributed by atoms with Crippen LogP contribution >= 0.6 is 0 Å². The fraction of sp³-hybridized carbons (Fsp3) is 0.292. The van der Waals surface area contributed by atoms with E-state index in [0.717, 1.165) is 11.4 Å². The predicted octanol–water partition coefficient (Wildman–Crippen LogP) is 2.52. The molecule has 1 amide bonds. The number of amides is 1. The predicted molar refractivity (Wildman–Crippen MR) is 117 cm³/mol. The molecule has 1 aromatic carbocycles. The Kier molecular flexibility index (Phi) is 5.80. The van der Waals surface area contributed by atoms with Crippen LogP contribution in [0.25, 0.3) is 5.57 Å². The second-order valence-corrected chi connectivity index (χ2v) is 8.00. The number of rotatable bonds is 4. The van der Waals surface area contributed by atoms with E-state index in [9.17, 15) is 14.3 Å². The standard InChI is InChI=1S/C24H26FN3O3/c1-26(2)21-14-27(15-22(21)29)19-9-8-18-6-4-5-16(12-24(30)28(18)13-19)17-7-10-23(31-3)20(25)11-17/h4-13,21-22,29H,14-15H2,1-3H3/b5-4?,16-12?,18-6+/t21-,22-/m1/s1. The fourth-order valence-electron chi connectivity index (χ4n) is 4.03. The Morgan fingerprint density at radius 3 is 2.61 bits per heavy atom. The summed E-state index contributed by atoms with van der Waals surface area (Å²) in [5.74, 6) is -0.552. The van der Waals surface area contributed by atoms with Gasteiger partial charge in [0.25, 0.3) is 5.91 Å². The maximum absolute atomic E-state index is 14.2. The van der Waals surface area contributed by atoms with E-state index in [-0.39, 0.29) is 17.7 Å². The van der Waals surface area contributed by atoms with Gasteiger partial charge in [-0.05, 0) is 55.6 Å². The van der Waals surface area contributed by atoms with Crippen LogP contribution in [0.4, 0.5) is 4.39 Å². The van der Waals surface area contributed by atoms with E-state index in [1.165, 1.54) is 19.3 Å². The van der Waals surface area contributed by atoms with Crippen LogP contribution in [-0.4, -0.2) is 72.2 Å². The van der Waals surface area contributed by atoms with Crippen molar-refractivity contribution in [1.29, 1.82) is 0 Å². The van der Waals surface area contributed by atoms with E-state index in [4.69, 9.17) is 4.74 Å². The maximum atomic E-state index is 14.2. The van der Waals surface area contributed by atoms with Crippen molar-refractivity contribution < 1.29 is 19.0 Å². The van der Waals surface area contributed by atoms with E-state index >= 15 is 0 Å². The summed E-state index contributed by atoms with van der Waals surface area (Å²) in [6.45, 7) is 1.18. The van der Waals surface area contributed by atoms with Gasteiger partial charge < -0.3 is 19.6 Å². The smallest absolute Gasteiger partial charge is 0.255 e. The van der Waals surface area contributed by atoms with Gasteiger partial charge in [0.1, 0.15) is 0 Å². The van der Waals surface area contributed by atoms with E-state index < -0.39 is 11.9 Å². The third-order valence-electron chi connectivity index (χ3n) is 5.80. The highest BCUT2D eigenvalue weighted by Gasteiger charge is 2.34. The summed E-state index contributed by atoms with van der Waals surface area (Å²) in [7, 11) is 5.31. The molecule has 1 saturated heterocycles. The van der Waals surface area contributed by atoms with Crippen LogP contribution in [0.2, 0.25) is 0 Å². The van der Waals surface area contributed by atoms with Gasteiger partial charge >= 0.3 is 0 Å². The molecule has 3 aliphatic heterocycles. The minimum absolute atomic E-state index is 0.0358. The summed E-state index contributed by atoms with van der Waals surface area (Å²) in [5.41, 5.74) is 2.80. The number of methoxy groups -OCH3 is 1. The molecule has 2 atom stereocenters. The van der Waals surface area contributed by atoms with Crippen LogP contribution in [0.5, 0.6) is 5.75 Å². The van der Waals surface area contributed by atoms with Crippen molar-refractivity contribution in [3.8, 4) is 5.75 Å². The molecule has 4 rings (SSSR count). The van der Waals surface area contributed by atoms with Gasteiger partial charge in [-0.25, -0.2) is 4.39 Å². The number of allylic oxidation sites excluding steroid dienone is 6. The Bertz CT molecular complexity index is 1040. The van der Waals surface area contributed by atoms with Crippen molar-refractivity contribution in [2.24, 2.45) is 0 Å². The number of β-amino-alcohol motifs (C(OH)–C–C–N with tert-alkyl or cyclic N) is 1. The van der Waals surface area contributed by atoms with Gasteiger partial charge in [-0.1, -0.05) is 18.2 Å². The number of carbonyl (C=O) groups is 1. The summed E-state index contributed by atoms with van der Waals surface area (Å²) >= 11 is 0. The van der Waals surface area contributed by atoms with Crippen molar-refractivity contribution in [2.45, 2.75) is 12.1 Å². The van der Waals surface area contributed by atoms with Gasteiger partial charge in [-0.3, -0.25) is 9.69 Å². The first-order chi connectivity index (χ1) is 14.9. The number of fused-ring (bicyclic) bond motifs is 1. The van der Waals surface area contributed by atoms with Crippen molar-refractivity contribution in [1.82, 2.24) is 14.7 Å². The molecule has 0 bridgehead atoms. The molecule has 6 nitrogen and oxygen atoms in total. The van der Waals surface area contributed by atoms with Crippen molar-refractivity contribution in [3.63, 3.8) is 0 Å². The Labute approximate surface area is 181 Å². The van der Waals surface area contributed by atoms with Crippen molar-refractivity contribution in [3.05, 3.63) is 83.6 Å². The highest BCUT2D eigenvalue weighted by molar-refractivity contribution is 5.99. The van der Waals surface area contributed by atoms with Crippen LogP contribution in [0, 0.1) is 5.82 Å². The van der Waals surface area contributed by atoms with Crippen LogP contribution in [0.1, 0.15) is 5.56 Å². The molecule has 0 unspecified atom stereocenters. The molecular weight excluding hydrogens is 397 g/mol. The highest BCUT2D eigenvalue weighted by atomic mass is 19.1. The van der Waals surface area contributed by atoms with Crippen LogP contribution < -0.4 is 4.74 Å². The largest absolute Gasteiger partial charge is 0.494 e. The Morgan fingerprint density at radius 1 is 1.16 bits per heavy atom. The van der Waals surface area contributed by atoms with Crippen LogP contribution in [0.3, 0.4) is 0 Å². The summed E-state index contributed by atoms with van der Waals surface area (Å²) in [6, 6.07) is 4.67. The lowest BCUT2D eigenvalue weighted by atomic mass is 10.0. The molecule has 0 aromatic heterocycles. The Hall–Kier alpha value is -3.16. The number of carbonyl (C=O) groups excluding carboxylic acids is 1. The van der Waals surface area contributed by atoms with Gasteiger partial charge in [-0.2, -0.15) is 0 Å². The molecule has 1 N–H and O–H groups in total. The molecule has 0 aliphatic carbocycles. The SMILES string of the molecule is COc1ccc(C2=CC(=O)N3C=C(N4C[C@@H](O)[C@H](N(C)C)C4)C=C/C3=C\C=C2)cc1F. The summed E-state index contributed by atoms with van der Waals surface area (Å²) in [4.78, 5) is 18.8. The number of aliphatic hydroxyl groups is 1. The number of hydrogen-bond acceptors (Lipinski definition) is 5. The molecule has 0 radical (unpaired) electrons. The topological polar surface area (TPSA) is 56.3 Å². The lowest BCUT2D eigenvalue weighted by Crippen LogP contribution is -2.38. The fourth-order valence-corrected chi connectivity index (χ4v) is 4.03. The average molecular weight is 423 g/mol. The van der Waals surface area contributed by atoms with Gasteiger partial charge in [0, 0.05) is 31.1 Å². The Balaban J connectivity index is 1.62. The molecule has 1 fully saturated rings.